The highest BCUT2D eigenvalue weighted by Gasteiger charge is 2.45. The first kappa shape index (κ1) is 24.3. The summed E-state index contributed by atoms with van der Waals surface area (Å²) in [6.45, 7) is 6.68. The fourth-order valence-corrected chi connectivity index (χ4v) is 5.56. The molecular weight excluding hydrogens is 436 g/mol. The van der Waals surface area contributed by atoms with E-state index in [9.17, 15) is 4.79 Å². The van der Waals surface area contributed by atoms with Crippen molar-refractivity contribution in [3.8, 4) is 5.75 Å². The predicted octanol–water partition coefficient (Wildman–Crippen LogP) is 7.20. The van der Waals surface area contributed by atoms with E-state index >= 15 is 0 Å². The Labute approximate surface area is 202 Å². The lowest BCUT2D eigenvalue weighted by Gasteiger charge is -2.48. The van der Waals surface area contributed by atoms with Gasteiger partial charge in [0.25, 0.3) is 0 Å². The molecule has 0 N–H and O–H groups in total. The third-order valence-corrected chi connectivity index (χ3v) is 7.18. The molecule has 2 aliphatic rings. The van der Waals surface area contributed by atoms with Crippen LogP contribution < -0.4 is 4.74 Å². The van der Waals surface area contributed by atoms with Crippen molar-refractivity contribution in [3.05, 3.63) is 64.7 Å². The van der Waals surface area contributed by atoms with Crippen molar-refractivity contribution in [2.75, 3.05) is 6.61 Å². The summed E-state index contributed by atoms with van der Waals surface area (Å²) in [6.07, 6.45) is 5.43. The normalized spacial score (nSPS) is 27.6. The number of ketones is 1. The van der Waals surface area contributed by atoms with Crippen LogP contribution in [0, 0.1) is 5.92 Å². The molecule has 1 aliphatic carbocycles. The summed E-state index contributed by atoms with van der Waals surface area (Å²) in [6, 6.07) is 15.8. The van der Waals surface area contributed by atoms with Crippen LogP contribution in [-0.2, 0) is 9.47 Å². The molecule has 0 bridgehead atoms. The van der Waals surface area contributed by atoms with Gasteiger partial charge in [0.05, 0.1) is 28.9 Å². The number of hydrogen-bond acceptors (Lipinski definition) is 4. The number of ether oxygens (including phenoxy) is 3. The van der Waals surface area contributed by atoms with Gasteiger partial charge in [-0.3, -0.25) is 4.79 Å². The first-order valence-electron chi connectivity index (χ1n) is 12.2. The summed E-state index contributed by atoms with van der Waals surface area (Å²) in [4.78, 5) is 13.2. The summed E-state index contributed by atoms with van der Waals surface area (Å²) >= 11 is 6.38. The summed E-state index contributed by atoms with van der Waals surface area (Å²) in [7, 11) is 0. The molecule has 33 heavy (non-hydrogen) atoms. The average Bonchev–Trinajstić information content (AvgIpc) is 2.81. The van der Waals surface area contributed by atoms with Crippen LogP contribution in [0.2, 0.25) is 5.02 Å². The number of Topliss-reactive ketones (excluding diaryl/α,β-unsaturated/α-hetero) is 1. The summed E-state index contributed by atoms with van der Waals surface area (Å²) in [5.41, 5.74) is 1.65. The minimum Gasteiger partial charge on any atom is -0.489 e. The zero-order chi connectivity index (χ0) is 23.4. The number of carbonyl (C=O) groups excluding carboxylic acids is 1. The minimum atomic E-state index is -0.220. The lowest BCUT2D eigenvalue weighted by atomic mass is 9.72. The zero-order valence-corrected chi connectivity index (χ0v) is 20.6. The first-order valence-corrected chi connectivity index (χ1v) is 12.6. The highest BCUT2D eigenvalue weighted by atomic mass is 35.5. The maximum Gasteiger partial charge on any atom is 0.166 e. The van der Waals surface area contributed by atoms with Gasteiger partial charge in [-0.15, -0.1) is 0 Å². The number of carbonyl (C=O) groups is 1. The van der Waals surface area contributed by atoms with E-state index in [1.54, 1.807) is 12.1 Å². The first-order chi connectivity index (χ1) is 15.9. The van der Waals surface area contributed by atoms with Gasteiger partial charge >= 0.3 is 0 Å². The Morgan fingerprint density at radius 1 is 1.15 bits per heavy atom. The fraction of sp³-hybridized carbons (Fsp3) is 0.536. The molecule has 1 spiro atoms. The van der Waals surface area contributed by atoms with Crippen LogP contribution in [0.4, 0.5) is 0 Å². The molecule has 2 atom stereocenters. The number of halogens is 1. The van der Waals surface area contributed by atoms with Crippen molar-refractivity contribution in [2.45, 2.75) is 83.2 Å². The molecule has 0 radical (unpaired) electrons. The Kier molecular flexibility index (Phi) is 7.78. The highest BCUT2D eigenvalue weighted by Crippen LogP contribution is 2.47. The Morgan fingerprint density at radius 2 is 1.88 bits per heavy atom. The van der Waals surface area contributed by atoms with Crippen LogP contribution >= 0.6 is 11.6 Å². The molecule has 2 unspecified atom stereocenters. The SMILES string of the molecule is CCOC1CC(c2ccccc2)OC2(CCC(C(=O)c3ccc(OC(C)C)c(Cl)c3)CC2)C1. The predicted molar refractivity (Wildman–Crippen MR) is 131 cm³/mol. The van der Waals surface area contributed by atoms with Crippen molar-refractivity contribution < 1.29 is 19.0 Å². The Bertz CT molecular complexity index is 934. The Hall–Kier alpha value is -1.88. The molecule has 1 saturated carbocycles. The lowest BCUT2D eigenvalue weighted by Crippen LogP contribution is -2.47. The van der Waals surface area contributed by atoms with Gasteiger partial charge in [0.2, 0.25) is 0 Å². The summed E-state index contributed by atoms with van der Waals surface area (Å²) < 4.78 is 18.5. The van der Waals surface area contributed by atoms with Gasteiger partial charge in [-0.25, -0.2) is 0 Å². The van der Waals surface area contributed by atoms with Gasteiger partial charge in [-0.1, -0.05) is 41.9 Å². The molecular formula is C28H35ClO4. The Balaban J connectivity index is 1.44. The van der Waals surface area contributed by atoms with Crippen molar-refractivity contribution in [2.24, 2.45) is 5.92 Å². The minimum absolute atomic E-state index is 0.00481. The van der Waals surface area contributed by atoms with Gasteiger partial charge in [0.15, 0.2) is 5.78 Å². The highest BCUT2D eigenvalue weighted by molar-refractivity contribution is 6.32. The smallest absolute Gasteiger partial charge is 0.166 e. The molecule has 1 aliphatic heterocycles. The van der Waals surface area contributed by atoms with E-state index in [2.05, 4.69) is 31.2 Å². The van der Waals surface area contributed by atoms with E-state index in [0.717, 1.165) is 38.5 Å². The molecule has 4 nitrogen and oxygen atoms in total. The second-order valence-corrected chi connectivity index (χ2v) is 10.1. The van der Waals surface area contributed by atoms with Crippen molar-refractivity contribution in [1.82, 2.24) is 0 Å². The van der Waals surface area contributed by atoms with E-state index in [0.29, 0.717) is 22.9 Å². The summed E-state index contributed by atoms with van der Waals surface area (Å²) in [5, 5.41) is 0.489. The van der Waals surface area contributed by atoms with E-state index < -0.39 is 0 Å². The largest absolute Gasteiger partial charge is 0.489 e. The number of hydrogen-bond donors (Lipinski definition) is 0. The molecule has 0 amide bonds. The lowest BCUT2D eigenvalue weighted by molar-refractivity contribution is -0.189. The molecule has 178 valence electrons. The second-order valence-electron chi connectivity index (χ2n) is 9.67. The zero-order valence-electron chi connectivity index (χ0n) is 19.9. The standard InChI is InChI=1S/C28H35ClO4/c1-4-31-23-17-26(20-8-6-5-7-9-20)33-28(18-23)14-12-21(13-15-28)27(30)22-10-11-25(24(29)16-22)32-19(2)3/h5-11,16,19,21,23,26H,4,12-15,17-18H2,1-3H3. The molecule has 1 heterocycles. The van der Waals surface area contributed by atoms with Crippen LogP contribution in [-0.4, -0.2) is 30.2 Å². The maximum absolute atomic E-state index is 13.2. The molecule has 5 heteroatoms. The third kappa shape index (κ3) is 5.79. The maximum atomic E-state index is 13.2. The van der Waals surface area contributed by atoms with Gasteiger partial charge in [-0.2, -0.15) is 0 Å². The summed E-state index contributed by atoms with van der Waals surface area (Å²) in [5.74, 6) is 0.782. The van der Waals surface area contributed by atoms with Crippen LogP contribution in [0.1, 0.15) is 81.3 Å². The Morgan fingerprint density at radius 3 is 2.52 bits per heavy atom. The molecule has 2 aromatic carbocycles. The van der Waals surface area contributed by atoms with Gasteiger partial charge in [0, 0.05) is 30.9 Å². The third-order valence-electron chi connectivity index (χ3n) is 6.89. The van der Waals surface area contributed by atoms with E-state index in [-0.39, 0.29) is 35.6 Å². The molecule has 1 saturated heterocycles. The van der Waals surface area contributed by atoms with Crippen LogP contribution in [0.15, 0.2) is 48.5 Å². The van der Waals surface area contributed by atoms with Crippen molar-refractivity contribution >= 4 is 17.4 Å². The van der Waals surface area contributed by atoms with Crippen LogP contribution in [0.25, 0.3) is 0 Å². The van der Waals surface area contributed by atoms with E-state index in [1.807, 2.05) is 26.0 Å². The van der Waals surface area contributed by atoms with Crippen LogP contribution in [0.5, 0.6) is 5.75 Å². The topological polar surface area (TPSA) is 44.8 Å². The second kappa shape index (κ2) is 10.6. The monoisotopic (exact) mass is 470 g/mol. The van der Waals surface area contributed by atoms with Crippen LogP contribution in [0.3, 0.4) is 0 Å². The van der Waals surface area contributed by atoms with Crippen molar-refractivity contribution in [3.63, 3.8) is 0 Å². The van der Waals surface area contributed by atoms with Gasteiger partial charge < -0.3 is 14.2 Å². The number of rotatable bonds is 7. The molecule has 2 aromatic rings. The van der Waals surface area contributed by atoms with E-state index in [1.165, 1.54) is 5.56 Å². The molecule has 0 aromatic heterocycles. The molecule has 2 fully saturated rings. The quantitative estimate of drug-likeness (QED) is 0.401. The molecule has 4 rings (SSSR count). The van der Waals surface area contributed by atoms with Gasteiger partial charge in [-0.05, 0) is 70.2 Å². The van der Waals surface area contributed by atoms with Gasteiger partial charge in [0.1, 0.15) is 5.75 Å². The van der Waals surface area contributed by atoms with Crippen molar-refractivity contribution in [1.29, 1.82) is 0 Å². The average molecular weight is 471 g/mol. The van der Waals surface area contributed by atoms with E-state index in [4.69, 9.17) is 25.8 Å². The fourth-order valence-electron chi connectivity index (χ4n) is 5.34. The number of benzene rings is 2.